The van der Waals surface area contributed by atoms with Gasteiger partial charge in [-0.05, 0) is 0 Å². The third-order valence-corrected chi connectivity index (χ3v) is 17.7. The fraction of sp³-hybridized carbons (Fsp3) is 0.0667. The third kappa shape index (κ3) is 3.39. The molecule has 5 aromatic rings. The summed E-state index contributed by atoms with van der Waals surface area (Å²) in [6.07, 6.45) is 0.984. The van der Waals surface area contributed by atoms with E-state index in [1.807, 2.05) is 0 Å². The monoisotopic (exact) mass is 544 g/mol. The van der Waals surface area contributed by atoms with E-state index in [9.17, 15) is 0 Å². The molecule has 0 heterocycles. The standard InChI is InChI=1S/C30H26IP/c1-24-21-22-25-13-11-12-20-29(25)30(24)23-32(31,26-14-5-2-6-15-26,27-16-7-3-8-17-27)28-18-9-4-10-19-28/h2-22H,23H2,1H3. The van der Waals surface area contributed by atoms with Gasteiger partial charge in [0.05, 0.1) is 0 Å². The molecule has 0 aliphatic rings. The van der Waals surface area contributed by atoms with Crippen LogP contribution < -0.4 is 15.9 Å². The number of fused-ring (bicyclic) bond motifs is 1. The van der Waals surface area contributed by atoms with Crippen LogP contribution in [0.2, 0.25) is 0 Å². The number of rotatable bonds is 5. The van der Waals surface area contributed by atoms with Crippen molar-refractivity contribution >= 4 is 53.0 Å². The van der Waals surface area contributed by atoms with E-state index in [0.29, 0.717) is 0 Å². The maximum absolute atomic E-state index is 2.89. The molecule has 0 unspecified atom stereocenters. The molecule has 0 saturated carbocycles. The van der Waals surface area contributed by atoms with Gasteiger partial charge in [-0.15, -0.1) is 0 Å². The molecule has 0 radical (unpaired) electrons. The summed E-state index contributed by atoms with van der Waals surface area (Å²) in [4.78, 5) is 0. The molecule has 5 rings (SSSR count). The van der Waals surface area contributed by atoms with Crippen LogP contribution in [0, 0.1) is 6.92 Å². The summed E-state index contributed by atoms with van der Waals surface area (Å²) < 4.78 is -2.87. The summed E-state index contributed by atoms with van der Waals surface area (Å²) in [6, 6.07) is 46.9. The Morgan fingerprint density at radius 1 is 0.531 bits per heavy atom. The summed E-state index contributed by atoms with van der Waals surface area (Å²) in [5.41, 5.74) is 2.81. The molecule has 0 amide bonds. The second kappa shape index (κ2) is 8.46. The first-order valence-electron chi connectivity index (χ1n) is 11.0. The van der Waals surface area contributed by atoms with Gasteiger partial charge in [0, 0.05) is 0 Å². The molecule has 0 N–H and O–H groups in total. The van der Waals surface area contributed by atoms with E-state index < -0.39 is 4.25 Å². The first-order valence-corrected chi connectivity index (χ1v) is 16.2. The molecule has 2 heteroatoms. The predicted octanol–water partition coefficient (Wildman–Crippen LogP) is 7.53. The number of halogens is 1. The van der Waals surface area contributed by atoms with Gasteiger partial charge in [-0.3, -0.25) is 0 Å². The van der Waals surface area contributed by atoms with E-state index in [1.165, 1.54) is 37.8 Å². The molecule has 0 fully saturated rings. The van der Waals surface area contributed by atoms with Crippen LogP contribution in [0.5, 0.6) is 0 Å². The van der Waals surface area contributed by atoms with Crippen LogP contribution >= 0.6 is 26.3 Å². The molecule has 0 spiro atoms. The van der Waals surface area contributed by atoms with E-state index >= 15 is 0 Å². The molecule has 0 aromatic heterocycles. The average molecular weight is 544 g/mol. The van der Waals surface area contributed by atoms with Crippen molar-refractivity contribution in [3.05, 3.63) is 139 Å². The van der Waals surface area contributed by atoms with Gasteiger partial charge in [0.15, 0.2) is 0 Å². The van der Waals surface area contributed by atoms with Crippen molar-refractivity contribution < 1.29 is 0 Å². The zero-order valence-electron chi connectivity index (χ0n) is 18.2. The third-order valence-electron chi connectivity index (χ3n) is 6.61. The second-order valence-corrected chi connectivity index (χ2v) is 19.0. The molecule has 0 atom stereocenters. The Bertz CT molecular complexity index is 1260. The van der Waals surface area contributed by atoms with Gasteiger partial charge in [-0.2, -0.15) is 0 Å². The molecule has 0 bridgehead atoms. The Hall–Kier alpha value is -2.48. The molecule has 0 nitrogen and oxygen atoms in total. The SMILES string of the molecule is Cc1ccc2ccccc2c1CP(I)(c1ccccc1)(c1ccccc1)c1ccccc1. The Labute approximate surface area is 203 Å². The van der Waals surface area contributed by atoms with Crippen LogP contribution in [0.4, 0.5) is 0 Å². The molecule has 32 heavy (non-hydrogen) atoms. The van der Waals surface area contributed by atoms with Crippen molar-refractivity contribution in [2.24, 2.45) is 0 Å². The Balaban J connectivity index is 1.92. The van der Waals surface area contributed by atoms with E-state index in [0.717, 1.165) is 6.16 Å². The molecule has 0 saturated heterocycles. The van der Waals surface area contributed by atoms with Crippen LogP contribution in [0.1, 0.15) is 11.1 Å². The molecule has 158 valence electrons. The van der Waals surface area contributed by atoms with Gasteiger partial charge in [0.25, 0.3) is 0 Å². The van der Waals surface area contributed by atoms with Crippen molar-refractivity contribution in [3.63, 3.8) is 0 Å². The molecule has 5 aromatic carbocycles. The van der Waals surface area contributed by atoms with Gasteiger partial charge in [0.2, 0.25) is 0 Å². The summed E-state index contributed by atoms with van der Waals surface area (Å²) in [7, 11) is 0. The van der Waals surface area contributed by atoms with Crippen molar-refractivity contribution in [3.8, 4) is 0 Å². The van der Waals surface area contributed by atoms with E-state index in [1.54, 1.807) is 0 Å². The maximum atomic E-state index is 2.89. The number of aryl methyl sites for hydroxylation is 1. The van der Waals surface area contributed by atoms with E-state index in [4.69, 9.17) is 0 Å². The fourth-order valence-electron chi connectivity index (χ4n) is 4.89. The number of hydrogen-bond donors (Lipinski definition) is 0. The molecule has 0 aliphatic carbocycles. The molecule has 0 aliphatic heterocycles. The van der Waals surface area contributed by atoms with Gasteiger partial charge in [0.1, 0.15) is 0 Å². The minimum atomic E-state index is -2.87. The van der Waals surface area contributed by atoms with Crippen molar-refractivity contribution in [1.29, 1.82) is 0 Å². The van der Waals surface area contributed by atoms with Gasteiger partial charge < -0.3 is 0 Å². The first-order chi connectivity index (χ1) is 15.6. The summed E-state index contributed by atoms with van der Waals surface area (Å²) in [6.45, 7) is 2.26. The topological polar surface area (TPSA) is 0 Å². The Morgan fingerprint density at radius 2 is 0.969 bits per heavy atom. The fourth-order valence-corrected chi connectivity index (χ4v) is 13.6. The quantitative estimate of drug-likeness (QED) is 0.159. The Kier molecular flexibility index (Phi) is 5.65. The van der Waals surface area contributed by atoms with Gasteiger partial charge >= 0.3 is 205 Å². The predicted molar refractivity (Wildman–Crippen MR) is 152 cm³/mol. The number of hydrogen-bond acceptors (Lipinski definition) is 0. The molecular weight excluding hydrogens is 518 g/mol. The molecular formula is C30H26IP. The van der Waals surface area contributed by atoms with Crippen molar-refractivity contribution in [2.75, 3.05) is 0 Å². The van der Waals surface area contributed by atoms with Crippen LogP contribution in [0.3, 0.4) is 0 Å². The summed E-state index contributed by atoms with van der Waals surface area (Å²) >= 11 is 2.89. The van der Waals surface area contributed by atoms with Crippen molar-refractivity contribution in [2.45, 2.75) is 13.1 Å². The van der Waals surface area contributed by atoms with Crippen LogP contribution in [-0.4, -0.2) is 0 Å². The van der Waals surface area contributed by atoms with E-state index in [2.05, 4.69) is 156 Å². The summed E-state index contributed by atoms with van der Waals surface area (Å²) in [5, 5.41) is 6.93. The minimum absolute atomic E-state index is 0.984. The van der Waals surface area contributed by atoms with Gasteiger partial charge in [-0.25, -0.2) is 0 Å². The number of benzene rings is 5. The van der Waals surface area contributed by atoms with E-state index in [-0.39, 0.29) is 0 Å². The summed E-state index contributed by atoms with van der Waals surface area (Å²) in [5.74, 6) is 0. The second-order valence-electron chi connectivity index (χ2n) is 8.43. The van der Waals surface area contributed by atoms with Gasteiger partial charge in [-0.1, -0.05) is 0 Å². The van der Waals surface area contributed by atoms with Crippen LogP contribution in [-0.2, 0) is 6.16 Å². The zero-order valence-corrected chi connectivity index (χ0v) is 21.2. The average Bonchev–Trinajstić information content (AvgIpc) is 2.87. The first kappa shape index (κ1) is 21.4. The van der Waals surface area contributed by atoms with Crippen molar-refractivity contribution in [1.82, 2.24) is 0 Å². The Morgan fingerprint density at radius 3 is 1.47 bits per heavy atom. The zero-order chi connectivity index (χ0) is 22.0. The van der Waals surface area contributed by atoms with Crippen LogP contribution in [0.15, 0.2) is 127 Å². The van der Waals surface area contributed by atoms with Crippen LogP contribution in [0.25, 0.3) is 10.8 Å². The normalized spacial score (nSPS) is 12.9.